The van der Waals surface area contributed by atoms with Gasteiger partial charge in [-0.15, -0.1) is 0 Å². The van der Waals surface area contributed by atoms with Crippen molar-refractivity contribution in [3.63, 3.8) is 0 Å². The number of nitrogens with two attached hydrogens (primary N) is 1. The molecule has 1 aromatic heterocycles. The Morgan fingerprint density at radius 3 is 2.33 bits per heavy atom. The molecule has 0 saturated carbocycles. The number of hydrogen-bond donors (Lipinski definition) is 1. The van der Waals surface area contributed by atoms with Crippen LogP contribution in [0.3, 0.4) is 0 Å². The molecule has 0 saturated heterocycles. The van der Waals surface area contributed by atoms with Gasteiger partial charge in [-0.05, 0) is 23.3 Å². The zero-order valence-electron chi connectivity index (χ0n) is 20.8. The van der Waals surface area contributed by atoms with Gasteiger partial charge in [0.25, 0.3) is 5.91 Å². The highest BCUT2D eigenvalue weighted by Gasteiger charge is 2.22. The van der Waals surface area contributed by atoms with Crippen LogP contribution in [0.15, 0.2) is 91.1 Å². The second-order valence-electron chi connectivity index (χ2n) is 8.83. The number of aromatic nitrogens is 2. The van der Waals surface area contributed by atoms with Crippen molar-refractivity contribution in [1.82, 2.24) is 14.9 Å². The van der Waals surface area contributed by atoms with E-state index in [1.54, 1.807) is 18.1 Å². The average Bonchev–Trinajstić information content (AvgIpc) is 2.92. The van der Waals surface area contributed by atoms with E-state index in [4.69, 9.17) is 10.5 Å². The molecule has 0 aliphatic rings. The van der Waals surface area contributed by atoms with Gasteiger partial charge in [-0.25, -0.2) is 9.97 Å². The van der Waals surface area contributed by atoms with Gasteiger partial charge in [-0.1, -0.05) is 72.8 Å². The maximum atomic E-state index is 13.5. The van der Waals surface area contributed by atoms with Crippen molar-refractivity contribution >= 4 is 11.9 Å². The van der Waals surface area contributed by atoms with Crippen molar-refractivity contribution < 1.29 is 9.53 Å². The SMILES string of the molecule is CN(CC(N)c1cccc(OCc2ccccc2)c1)C(=O)c1cnc(N(C)C)nc1-c1ccccc1. The van der Waals surface area contributed by atoms with Gasteiger partial charge >= 0.3 is 0 Å². The van der Waals surface area contributed by atoms with E-state index in [9.17, 15) is 4.79 Å². The van der Waals surface area contributed by atoms with Crippen LogP contribution in [0.5, 0.6) is 5.75 Å². The molecule has 0 spiro atoms. The van der Waals surface area contributed by atoms with Crippen LogP contribution < -0.4 is 15.4 Å². The summed E-state index contributed by atoms with van der Waals surface area (Å²) in [6.45, 7) is 0.799. The van der Waals surface area contributed by atoms with Gasteiger partial charge in [0.1, 0.15) is 12.4 Å². The van der Waals surface area contributed by atoms with Crippen LogP contribution in [0.1, 0.15) is 27.5 Å². The van der Waals surface area contributed by atoms with Gasteiger partial charge in [0.05, 0.1) is 11.3 Å². The smallest absolute Gasteiger partial charge is 0.257 e. The number of anilines is 1. The molecule has 1 unspecified atom stereocenters. The minimum atomic E-state index is -0.388. The number of benzene rings is 3. The zero-order chi connectivity index (χ0) is 25.5. The lowest BCUT2D eigenvalue weighted by Gasteiger charge is -2.23. The molecule has 4 rings (SSSR count). The third kappa shape index (κ3) is 6.06. The largest absolute Gasteiger partial charge is 0.489 e. The molecule has 1 atom stereocenters. The third-order valence-corrected chi connectivity index (χ3v) is 5.81. The Bertz CT molecular complexity index is 1300. The monoisotopic (exact) mass is 481 g/mol. The molecule has 3 aromatic carbocycles. The standard InChI is InChI=1S/C29H31N5O2/c1-33(2)29-31-18-25(27(32-29)22-13-8-5-9-14-22)28(35)34(3)19-26(30)23-15-10-16-24(17-23)36-20-21-11-6-4-7-12-21/h4-18,26H,19-20,30H2,1-3H3. The van der Waals surface area contributed by atoms with Crippen molar-refractivity contribution in [3.05, 3.63) is 108 Å². The van der Waals surface area contributed by atoms with Crippen LogP contribution >= 0.6 is 0 Å². The number of rotatable bonds is 9. The first-order chi connectivity index (χ1) is 17.4. The summed E-state index contributed by atoms with van der Waals surface area (Å²) in [7, 11) is 5.48. The average molecular weight is 482 g/mol. The lowest BCUT2D eigenvalue weighted by Crippen LogP contribution is -2.34. The number of hydrogen-bond acceptors (Lipinski definition) is 6. The van der Waals surface area contributed by atoms with Gasteiger partial charge in [0.15, 0.2) is 0 Å². The number of carbonyl (C=O) groups is 1. The second-order valence-corrected chi connectivity index (χ2v) is 8.83. The number of likely N-dealkylation sites (N-methyl/N-ethyl adjacent to an activating group) is 1. The van der Waals surface area contributed by atoms with Gasteiger partial charge in [0.2, 0.25) is 5.95 Å². The van der Waals surface area contributed by atoms with Crippen molar-refractivity contribution in [3.8, 4) is 17.0 Å². The number of amides is 1. The topological polar surface area (TPSA) is 84.6 Å². The van der Waals surface area contributed by atoms with E-state index in [1.165, 1.54) is 0 Å². The molecule has 184 valence electrons. The minimum Gasteiger partial charge on any atom is -0.489 e. The van der Waals surface area contributed by atoms with Crippen LogP contribution in [0.4, 0.5) is 5.95 Å². The fraction of sp³-hybridized carbons (Fsp3) is 0.207. The number of ether oxygens (including phenoxy) is 1. The normalized spacial score (nSPS) is 11.6. The van der Waals surface area contributed by atoms with Crippen LogP contribution in [-0.2, 0) is 6.61 Å². The van der Waals surface area contributed by atoms with E-state index in [1.807, 2.05) is 104 Å². The van der Waals surface area contributed by atoms with Crippen LogP contribution in [0.2, 0.25) is 0 Å². The van der Waals surface area contributed by atoms with Gasteiger partial charge < -0.3 is 20.3 Å². The van der Waals surface area contributed by atoms with E-state index in [-0.39, 0.29) is 11.9 Å². The molecule has 0 aliphatic heterocycles. The summed E-state index contributed by atoms with van der Waals surface area (Å²) in [6, 6.07) is 27.0. The maximum absolute atomic E-state index is 13.5. The molecule has 1 heterocycles. The Morgan fingerprint density at radius 2 is 1.64 bits per heavy atom. The Labute approximate surface area is 212 Å². The van der Waals surface area contributed by atoms with E-state index < -0.39 is 0 Å². The first-order valence-electron chi connectivity index (χ1n) is 11.8. The zero-order valence-corrected chi connectivity index (χ0v) is 20.8. The summed E-state index contributed by atoms with van der Waals surface area (Å²) in [6.07, 6.45) is 1.59. The van der Waals surface area contributed by atoms with E-state index in [0.29, 0.717) is 30.4 Å². The summed E-state index contributed by atoms with van der Waals surface area (Å²) in [5.74, 6) is 1.09. The summed E-state index contributed by atoms with van der Waals surface area (Å²) in [5.41, 5.74) is 10.4. The third-order valence-electron chi connectivity index (χ3n) is 5.81. The molecule has 2 N–H and O–H groups in total. The quantitative estimate of drug-likeness (QED) is 0.377. The Hall–Kier alpha value is -4.23. The van der Waals surface area contributed by atoms with Crippen molar-refractivity contribution in [2.24, 2.45) is 5.73 Å². The van der Waals surface area contributed by atoms with Crippen molar-refractivity contribution in [2.45, 2.75) is 12.6 Å². The lowest BCUT2D eigenvalue weighted by atomic mass is 10.0. The predicted molar refractivity (Wildman–Crippen MR) is 143 cm³/mol. The van der Waals surface area contributed by atoms with Crippen molar-refractivity contribution in [2.75, 3.05) is 32.6 Å². The fourth-order valence-corrected chi connectivity index (χ4v) is 3.83. The van der Waals surface area contributed by atoms with E-state index in [2.05, 4.69) is 9.97 Å². The minimum absolute atomic E-state index is 0.189. The molecule has 0 radical (unpaired) electrons. The molecule has 36 heavy (non-hydrogen) atoms. The molecule has 4 aromatic rings. The lowest BCUT2D eigenvalue weighted by molar-refractivity contribution is 0.0786. The second kappa shape index (κ2) is 11.5. The molecule has 0 aliphatic carbocycles. The van der Waals surface area contributed by atoms with E-state index >= 15 is 0 Å². The Balaban J connectivity index is 1.49. The summed E-state index contributed by atoms with van der Waals surface area (Å²) in [5, 5.41) is 0. The van der Waals surface area contributed by atoms with Gasteiger partial charge in [0, 0.05) is 45.5 Å². The highest BCUT2D eigenvalue weighted by molar-refractivity contribution is 5.99. The molecular formula is C29H31N5O2. The maximum Gasteiger partial charge on any atom is 0.257 e. The predicted octanol–water partition coefficient (Wildman–Crippen LogP) is 4.56. The summed E-state index contributed by atoms with van der Waals surface area (Å²) in [4.78, 5) is 25.9. The van der Waals surface area contributed by atoms with Crippen LogP contribution in [0.25, 0.3) is 11.3 Å². The van der Waals surface area contributed by atoms with Gasteiger partial charge in [-0.3, -0.25) is 4.79 Å². The summed E-state index contributed by atoms with van der Waals surface area (Å²) >= 11 is 0. The molecule has 7 nitrogen and oxygen atoms in total. The molecule has 7 heteroatoms. The molecular weight excluding hydrogens is 450 g/mol. The highest BCUT2D eigenvalue weighted by Crippen LogP contribution is 2.25. The van der Waals surface area contributed by atoms with Gasteiger partial charge in [-0.2, -0.15) is 0 Å². The highest BCUT2D eigenvalue weighted by atomic mass is 16.5. The Kier molecular flexibility index (Phi) is 7.92. The first-order valence-corrected chi connectivity index (χ1v) is 11.8. The van der Waals surface area contributed by atoms with Crippen molar-refractivity contribution in [1.29, 1.82) is 0 Å². The van der Waals surface area contributed by atoms with E-state index in [0.717, 1.165) is 22.4 Å². The Morgan fingerprint density at radius 1 is 0.944 bits per heavy atom. The van der Waals surface area contributed by atoms with Crippen LogP contribution in [-0.4, -0.2) is 48.5 Å². The number of nitrogens with zero attached hydrogens (tertiary/aromatic N) is 4. The van der Waals surface area contributed by atoms with Crippen LogP contribution in [0, 0.1) is 0 Å². The molecule has 0 fully saturated rings. The summed E-state index contributed by atoms with van der Waals surface area (Å²) < 4.78 is 5.94. The fourth-order valence-electron chi connectivity index (χ4n) is 3.83. The first kappa shape index (κ1) is 24.9. The number of carbonyl (C=O) groups excluding carboxylic acids is 1. The molecule has 1 amide bonds. The molecule has 0 bridgehead atoms.